The Bertz CT molecular complexity index is 738. The molecule has 1 amide bonds. The number of amides is 1. The summed E-state index contributed by atoms with van der Waals surface area (Å²) in [5.41, 5.74) is 3.24. The van der Waals surface area contributed by atoms with E-state index in [1.54, 1.807) is 11.3 Å². The molecule has 2 heterocycles. The maximum atomic E-state index is 12.3. The molecule has 1 aromatic carbocycles. The van der Waals surface area contributed by atoms with Crippen molar-refractivity contribution in [3.63, 3.8) is 0 Å². The highest BCUT2D eigenvalue weighted by molar-refractivity contribution is 7.16. The molecule has 1 aliphatic heterocycles. The molecule has 25 heavy (non-hydrogen) atoms. The van der Waals surface area contributed by atoms with E-state index in [1.807, 2.05) is 25.1 Å². The van der Waals surface area contributed by atoms with Crippen LogP contribution in [0, 0.1) is 13.8 Å². The summed E-state index contributed by atoms with van der Waals surface area (Å²) in [4.78, 5) is 18.3. The second kappa shape index (κ2) is 8.32. The van der Waals surface area contributed by atoms with Gasteiger partial charge in [0.15, 0.2) is 0 Å². The minimum Gasteiger partial charge on any atom is -0.325 e. The number of rotatable bonds is 5. The van der Waals surface area contributed by atoms with E-state index in [0.29, 0.717) is 6.54 Å². The fourth-order valence-electron chi connectivity index (χ4n) is 3.04. The lowest BCUT2D eigenvalue weighted by Gasteiger charge is -2.34. The van der Waals surface area contributed by atoms with Crippen LogP contribution in [0.2, 0.25) is 4.34 Å². The molecule has 3 rings (SSSR count). The minimum absolute atomic E-state index is 0.0622. The second-order valence-electron chi connectivity index (χ2n) is 6.55. The monoisotopic (exact) mass is 377 g/mol. The number of halogens is 1. The number of piperazine rings is 1. The predicted molar refractivity (Wildman–Crippen MR) is 106 cm³/mol. The van der Waals surface area contributed by atoms with Gasteiger partial charge in [-0.25, -0.2) is 0 Å². The topological polar surface area (TPSA) is 35.6 Å². The van der Waals surface area contributed by atoms with E-state index in [2.05, 4.69) is 34.2 Å². The van der Waals surface area contributed by atoms with E-state index < -0.39 is 0 Å². The van der Waals surface area contributed by atoms with Gasteiger partial charge in [-0.1, -0.05) is 23.7 Å². The SMILES string of the molecule is Cc1cccc(NC(=O)CN2CCN(Cc3ccc(Cl)s3)CC2)c1C. The van der Waals surface area contributed by atoms with Gasteiger partial charge in [-0.3, -0.25) is 14.6 Å². The van der Waals surface area contributed by atoms with Crippen LogP contribution in [-0.2, 0) is 11.3 Å². The average Bonchev–Trinajstić information content (AvgIpc) is 2.99. The fourth-order valence-corrected chi connectivity index (χ4v) is 4.17. The van der Waals surface area contributed by atoms with Crippen molar-refractivity contribution in [1.29, 1.82) is 0 Å². The smallest absolute Gasteiger partial charge is 0.238 e. The van der Waals surface area contributed by atoms with Gasteiger partial charge in [-0.2, -0.15) is 0 Å². The number of hydrogen-bond acceptors (Lipinski definition) is 4. The lowest BCUT2D eigenvalue weighted by atomic mass is 10.1. The molecular formula is C19H24ClN3OS. The zero-order valence-electron chi connectivity index (χ0n) is 14.7. The normalized spacial score (nSPS) is 16.1. The van der Waals surface area contributed by atoms with Crippen LogP contribution in [0.5, 0.6) is 0 Å². The Morgan fingerprint density at radius 3 is 2.52 bits per heavy atom. The van der Waals surface area contributed by atoms with Gasteiger partial charge in [-0.05, 0) is 43.2 Å². The van der Waals surface area contributed by atoms with E-state index in [-0.39, 0.29) is 5.91 Å². The Hall–Kier alpha value is -1.40. The molecule has 6 heteroatoms. The summed E-state index contributed by atoms with van der Waals surface area (Å²) in [6, 6.07) is 10.1. The van der Waals surface area contributed by atoms with Crippen LogP contribution in [0.1, 0.15) is 16.0 Å². The first-order valence-corrected chi connectivity index (χ1v) is 9.75. The van der Waals surface area contributed by atoms with Crippen molar-refractivity contribution in [3.05, 3.63) is 50.7 Å². The first-order valence-electron chi connectivity index (χ1n) is 8.56. The standard InChI is InChI=1S/C19H24ClN3OS/c1-14-4-3-5-17(15(14)2)21-19(24)13-23-10-8-22(9-11-23)12-16-6-7-18(20)25-16/h3-7H,8-13H2,1-2H3,(H,21,24). The highest BCUT2D eigenvalue weighted by atomic mass is 35.5. The molecule has 0 aliphatic carbocycles. The van der Waals surface area contributed by atoms with Crippen molar-refractivity contribution in [2.24, 2.45) is 0 Å². The fraction of sp³-hybridized carbons (Fsp3) is 0.421. The predicted octanol–water partition coefficient (Wildman–Crippen LogP) is 3.77. The van der Waals surface area contributed by atoms with E-state index in [9.17, 15) is 4.79 Å². The summed E-state index contributed by atoms with van der Waals surface area (Å²) < 4.78 is 0.844. The number of thiophene rings is 1. The quantitative estimate of drug-likeness (QED) is 0.861. The van der Waals surface area contributed by atoms with Crippen LogP contribution in [-0.4, -0.2) is 48.4 Å². The van der Waals surface area contributed by atoms with Gasteiger partial charge in [0.25, 0.3) is 0 Å². The lowest BCUT2D eigenvalue weighted by molar-refractivity contribution is -0.117. The maximum absolute atomic E-state index is 12.3. The molecule has 0 atom stereocenters. The Kier molecular flexibility index (Phi) is 6.12. The average molecular weight is 378 g/mol. The number of anilines is 1. The molecule has 0 spiro atoms. The van der Waals surface area contributed by atoms with E-state index in [1.165, 1.54) is 10.4 Å². The third-order valence-corrected chi connectivity index (χ3v) is 5.94. The van der Waals surface area contributed by atoms with Gasteiger partial charge in [0.2, 0.25) is 5.91 Å². The van der Waals surface area contributed by atoms with Gasteiger partial charge in [0, 0.05) is 43.3 Å². The van der Waals surface area contributed by atoms with Gasteiger partial charge in [0.1, 0.15) is 0 Å². The van der Waals surface area contributed by atoms with Crippen molar-refractivity contribution in [1.82, 2.24) is 9.80 Å². The van der Waals surface area contributed by atoms with Crippen molar-refractivity contribution < 1.29 is 4.79 Å². The van der Waals surface area contributed by atoms with Crippen LogP contribution < -0.4 is 5.32 Å². The summed E-state index contributed by atoms with van der Waals surface area (Å²) in [5, 5.41) is 3.04. The number of nitrogens with zero attached hydrogens (tertiary/aromatic N) is 2. The molecule has 0 saturated carbocycles. The second-order valence-corrected chi connectivity index (χ2v) is 8.35. The van der Waals surface area contributed by atoms with E-state index >= 15 is 0 Å². The van der Waals surface area contributed by atoms with Crippen LogP contribution in [0.3, 0.4) is 0 Å². The van der Waals surface area contributed by atoms with Gasteiger partial charge in [0.05, 0.1) is 10.9 Å². The third kappa shape index (κ3) is 5.05. The van der Waals surface area contributed by atoms with E-state index in [4.69, 9.17) is 11.6 Å². The molecule has 0 radical (unpaired) electrons. The van der Waals surface area contributed by atoms with Crippen molar-refractivity contribution in [2.75, 3.05) is 38.0 Å². The molecule has 1 fully saturated rings. The van der Waals surface area contributed by atoms with Gasteiger partial charge < -0.3 is 5.32 Å². The summed E-state index contributed by atoms with van der Waals surface area (Å²) in [6.45, 7) is 9.29. The number of nitrogens with one attached hydrogen (secondary N) is 1. The third-order valence-electron chi connectivity index (χ3n) is 4.72. The summed E-state index contributed by atoms with van der Waals surface area (Å²) in [7, 11) is 0. The zero-order chi connectivity index (χ0) is 17.8. The first-order chi connectivity index (χ1) is 12.0. The van der Waals surface area contributed by atoms with Gasteiger partial charge in [-0.15, -0.1) is 11.3 Å². The Morgan fingerprint density at radius 2 is 1.84 bits per heavy atom. The Labute approximate surface area is 158 Å². The summed E-state index contributed by atoms with van der Waals surface area (Å²) in [5.74, 6) is 0.0622. The molecule has 0 bridgehead atoms. The summed E-state index contributed by atoms with van der Waals surface area (Å²) in [6.07, 6.45) is 0. The highest BCUT2D eigenvalue weighted by Crippen LogP contribution is 2.23. The van der Waals surface area contributed by atoms with Crippen LogP contribution in [0.25, 0.3) is 0 Å². The Balaban J connectivity index is 1.45. The lowest BCUT2D eigenvalue weighted by Crippen LogP contribution is -2.48. The number of hydrogen-bond donors (Lipinski definition) is 1. The molecule has 2 aromatic rings. The molecule has 1 aromatic heterocycles. The van der Waals surface area contributed by atoms with Crippen LogP contribution in [0.15, 0.2) is 30.3 Å². The molecule has 134 valence electrons. The van der Waals surface area contributed by atoms with Crippen LogP contribution >= 0.6 is 22.9 Å². The molecule has 1 N–H and O–H groups in total. The molecule has 1 aliphatic rings. The summed E-state index contributed by atoms with van der Waals surface area (Å²) >= 11 is 7.64. The highest BCUT2D eigenvalue weighted by Gasteiger charge is 2.19. The zero-order valence-corrected chi connectivity index (χ0v) is 16.3. The largest absolute Gasteiger partial charge is 0.325 e. The van der Waals surface area contributed by atoms with Crippen molar-refractivity contribution in [2.45, 2.75) is 20.4 Å². The molecule has 4 nitrogen and oxygen atoms in total. The molecule has 1 saturated heterocycles. The maximum Gasteiger partial charge on any atom is 0.238 e. The van der Waals surface area contributed by atoms with Crippen LogP contribution in [0.4, 0.5) is 5.69 Å². The number of carbonyl (C=O) groups is 1. The Morgan fingerprint density at radius 1 is 1.12 bits per heavy atom. The number of aryl methyl sites for hydroxylation is 1. The first kappa shape index (κ1) is 18.4. The van der Waals surface area contributed by atoms with Crippen molar-refractivity contribution >= 4 is 34.5 Å². The van der Waals surface area contributed by atoms with Gasteiger partial charge >= 0.3 is 0 Å². The van der Waals surface area contributed by atoms with Crippen molar-refractivity contribution in [3.8, 4) is 0 Å². The van der Waals surface area contributed by atoms with E-state index in [0.717, 1.165) is 48.3 Å². The molecular weight excluding hydrogens is 354 g/mol. The molecule has 0 unspecified atom stereocenters. The number of carbonyl (C=O) groups excluding carboxylic acids is 1. The minimum atomic E-state index is 0.0622. The number of benzene rings is 1.